The van der Waals surface area contributed by atoms with E-state index in [0.29, 0.717) is 29.2 Å². The Kier molecular flexibility index (Phi) is 6.65. The van der Waals surface area contributed by atoms with Crippen molar-refractivity contribution < 1.29 is 27.4 Å². The second kappa shape index (κ2) is 9.86. The molecule has 0 aromatic heterocycles. The average molecular weight is 481 g/mol. The number of halogens is 3. The fourth-order valence-corrected chi connectivity index (χ4v) is 4.99. The molecule has 0 spiro atoms. The van der Waals surface area contributed by atoms with Crippen LogP contribution >= 0.6 is 0 Å². The van der Waals surface area contributed by atoms with Gasteiger partial charge in [-0.3, -0.25) is 0 Å². The number of carbonyl (C=O) groups is 1. The Balaban J connectivity index is 1.27. The lowest BCUT2D eigenvalue weighted by Gasteiger charge is -2.28. The number of carbonyl (C=O) groups excluding carboxylic acids is 1. The fraction of sp³-hybridized carbons (Fsp3) is 0.345. The van der Waals surface area contributed by atoms with Gasteiger partial charge in [-0.05, 0) is 78.5 Å². The number of benzene rings is 3. The third-order valence-corrected chi connectivity index (χ3v) is 7.27. The molecular formula is C29H27F3O3. The first-order valence-electron chi connectivity index (χ1n) is 12.2. The molecule has 3 nitrogen and oxygen atoms in total. The molecule has 5 rings (SSSR count). The lowest BCUT2D eigenvalue weighted by atomic mass is 9.77. The van der Waals surface area contributed by atoms with Crippen LogP contribution in [0.3, 0.4) is 0 Å². The minimum atomic E-state index is -1.17. The summed E-state index contributed by atoms with van der Waals surface area (Å²) in [4.78, 5) is 12.6. The molecule has 0 radical (unpaired) electrons. The van der Waals surface area contributed by atoms with Crippen molar-refractivity contribution in [2.45, 2.75) is 51.0 Å². The quantitative estimate of drug-likeness (QED) is 0.206. The Hall–Kier alpha value is -3.12. The first kappa shape index (κ1) is 23.6. The third kappa shape index (κ3) is 4.98. The highest BCUT2D eigenvalue weighted by atomic mass is 19.2. The summed E-state index contributed by atoms with van der Waals surface area (Å²) in [5, 5.41) is 0. The molecule has 1 aliphatic carbocycles. The number of hydrogen-bond donors (Lipinski definition) is 0. The highest BCUT2D eigenvalue weighted by Crippen LogP contribution is 2.39. The maximum atomic E-state index is 14.9. The summed E-state index contributed by atoms with van der Waals surface area (Å²) < 4.78 is 54.4. The van der Waals surface area contributed by atoms with Crippen LogP contribution in [0.25, 0.3) is 11.1 Å². The van der Waals surface area contributed by atoms with Crippen molar-refractivity contribution >= 4 is 5.97 Å². The van der Waals surface area contributed by atoms with Crippen molar-refractivity contribution in [1.29, 1.82) is 0 Å². The van der Waals surface area contributed by atoms with Gasteiger partial charge in [-0.25, -0.2) is 18.0 Å². The number of rotatable bonds is 6. The molecule has 3 aromatic rings. The Labute approximate surface area is 202 Å². The molecule has 35 heavy (non-hydrogen) atoms. The van der Waals surface area contributed by atoms with E-state index in [9.17, 15) is 18.0 Å². The second-order valence-corrected chi connectivity index (χ2v) is 9.43. The number of hydrogen-bond acceptors (Lipinski definition) is 3. The molecule has 182 valence electrons. The smallest absolute Gasteiger partial charge is 0.346 e. The van der Waals surface area contributed by atoms with E-state index < -0.39 is 23.2 Å². The first-order chi connectivity index (χ1) is 16.9. The van der Waals surface area contributed by atoms with Crippen LogP contribution in [0.15, 0.2) is 54.6 Å². The van der Waals surface area contributed by atoms with E-state index in [4.69, 9.17) is 9.47 Å². The van der Waals surface area contributed by atoms with Crippen molar-refractivity contribution in [3.05, 3.63) is 88.7 Å². The molecule has 2 fully saturated rings. The molecular weight excluding hydrogens is 453 g/mol. The van der Waals surface area contributed by atoms with Crippen LogP contribution in [-0.2, 0) is 4.74 Å². The summed E-state index contributed by atoms with van der Waals surface area (Å²) in [6, 6.07) is 14.2. The highest BCUT2D eigenvalue weighted by molar-refractivity contribution is 5.91. The summed E-state index contributed by atoms with van der Waals surface area (Å²) in [6.07, 6.45) is 4.61. The van der Waals surface area contributed by atoms with Crippen molar-refractivity contribution in [3.63, 3.8) is 0 Å². The van der Waals surface area contributed by atoms with Gasteiger partial charge in [-0.15, -0.1) is 0 Å². The van der Waals surface area contributed by atoms with E-state index >= 15 is 0 Å². The number of esters is 1. The fourth-order valence-electron chi connectivity index (χ4n) is 4.99. The van der Waals surface area contributed by atoms with E-state index in [1.54, 1.807) is 24.3 Å². The van der Waals surface area contributed by atoms with E-state index in [-0.39, 0.29) is 23.6 Å². The summed E-state index contributed by atoms with van der Waals surface area (Å²) in [6.45, 7) is 2.68. The largest absolute Gasteiger partial charge is 0.423 e. The monoisotopic (exact) mass is 480 g/mol. The zero-order chi connectivity index (χ0) is 24.5. The van der Waals surface area contributed by atoms with E-state index in [1.807, 2.05) is 0 Å². The molecule has 1 saturated carbocycles. The van der Waals surface area contributed by atoms with Crippen LogP contribution in [0.5, 0.6) is 5.75 Å². The molecule has 1 aliphatic heterocycles. The summed E-state index contributed by atoms with van der Waals surface area (Å²) in [5.41, 5.74) is 1.84. The molecule has 1 unspecified atom stereocenters. The van der Waals surface area contributed by atoms with Crippen molar-refractivity contribution in [3.8, 4) is 16.9 Å². The Morgan fingerprint density at radius 2 is 1.54 bits per heavy atom. The van der Waals surface area contributed by atoms with Gasteiger partial charge in [0.15, 0.2) is 11.6 Å². The van der Waals surface area contributed by atoms with Crippen molar-refractivity contribution in [2.75, 3.05) is 6.61 Å². The van der Waals surface area contributed by atoms with Crippen molar-refractivity contribution in [1.82, 2.24) is 0 Å². The Bertz CT molecular complexity index is 1230. The number of ether oxygens (including phenoxy) is 2. The predicted molar refractivity (Wildman–Crippen MR) is 127 cm³/mol. The van der Waals surface area contributed by atoms with Gasteiger partial charge in [0.25, 0.3) is 0 Å². The Morgan fingerprint density at radius 3 is 2.17 bits per heavy atom. The molecule has 3 aromatic carbocycles. The molecule has 2 aliphatic rings. The van der Waals surface area contributed by atoms with Gasteiger partial charge in [0.1, 0.15) is 17.7 Å². The third-order valence-electron chi connectivity index (χ3n) is 7.27. The van der Waals surface area contributed by atoms with Crippen LogP contribution < -0.4 is 4.74 Å². The van der Waals surface area contributed by atoms with Gasteiger partial charge in [0.05, 0.1) is 12.2 Å². The molecule has 1 saturated heterocycles. The van der Waals surface area contributed by atoms with Gasteiger partial charge >= 0.3 is 5.97 Å². The maximum Gasteiger partial charge on any atom is 0.346 e. The maximum absolute atomic E-state index is 14.9. The molecule has 6 heteroatoms. The second-order valence-electron chi connectivity index (χ2n) is 9.43. The summed E-state index contributed by atoms with van der Waals surface area (Å²) in [7, 11) is 0. The van der Waals surface area contributed by atoms with Crippen LogP contribution in [0.1, 0.15) is 72.5 Å². The minimum absolute atomic E-state index is 0.0272. The van der Waals surface area contributed by atoms with Crippen LogP contribution in [0.4, 0.5) is 13.2 Å². The van der Waals surface area contributed by atoms with Crippen molar-refractivity contribution in [2.24, 2.45) is 5.92 Å². The van der Waals surface area contributed by atoms with Crippen LogP contribution in [0.2, 0.25) is 0 Å². The van der Waals surface area contributed by atoms with Crippen LogP contribution in [0, 0.1) is 23.4 Å². The highest BCUT2D eigenvalue weighted by Gasteiger charge is 2.29. The van der Waals surface area contributed by atoms with E-state index in [0.717, 1.165) is 37.7 Å². The predicted octanol–water partition coefficient (Wildman–Crippen LogP) is 7.75. The molecule has 0 N–H and O–H groups in total. The van der Waals surface area contributed by atoms with E-state index in [2.05, 4.69) is 6.92 Å². The topological polar surface area (TPSA) is 38.8 Å². The SMILES string of the molecule is CCC1CCC(c2ccc(C(=O)Oc3ccc(-c4ccc(C5CO5)c(F)c4)cc3)c(F)c2F)CC1. The molecule has 1 atom stereocenters. The number of epoxide rings is 1. The first-order valence-corrected chi connectivity index (χ1v) is 12.2. The van der Waals surface area contributed by atoms with Gasteiger partial charge in [-0.1, -0.05) is 43.7 Å². The van der Waals surface area contributed by atoms with Gasteiger partial charge < -0.3 is 9.47 Å². The molecule has 0 bridgehead atoms. The van der Waals surface area contributed by atoms with Crippen LogP contribution in [-0.4, -0.2) is 12.6 Å². The normalized spacial score (nSPS) is 21.5. The lowest BCUT2D eigenvalue weighted by Crippen LogP contribution is -2.16. The zero-order valence-electron chi connectivity index (χ0n) is 19.5. The zero-order valence-corrected chi connectivity index (χ0v) is 19.5. The molecule has 0 amide bonds. The minimum Gasteiger partial charge on any atom is -0.423 e. The van der Waals surface area contributed by atoms with Gasteiger partial charge in [-0.2, -0.15) is 0 Å². The van der Waals surface area contributed by atoms with E-state index in [1.165, 1.54) is 30.3 Å². The average Bonchev–Trinajstić information content (AvgIpc) is 3.71. The van der Waals surface area contributed by atoms with Gasteiger partial charge in [0.2, 0.25) is 0 Å². The Morgan fingerprint density at radius 1 is 0.886 bits per heavy atom. The standard InChI is InChI=1S/C29H27F3O3/c1-2-17-3-5-19(6-4-17)22-13-14-24(28(32)27(22)31)29(33)35-21-10-7-18(8-11-21)20-9-12-23(25(30)15-20)26-16-34-26/h7-15,17,19,26H,2-6,16H2,1H3. The lowest BCUT2D eigenvalue weighted by molar-refractivity contribution is 0.0728. The summed E-state index contributed by atoms with van der Waals surface area (Å²) in [5.74, 6) is -2.62. The summed E-state index contributed by atoms with van der Waals surface area (Å²) >= 11 is 0. The molecule has 1 heterocycles. The van der Waals surface area contributed by atoms with Gasteiger partial charge in [0, 0.05) is 5.56 Å².